The van der Waals surface area contributed by atoms with Gasteiger partial charge in [0.15, 0.2) is 11.5 Å². The van der Waals surface area contributed by atoms with Crippen LogP contribution in [0.4, 0.5) is 8.78 Å². The average Bonchev–Trinajstić information content (AvgIpc) is 3.03. The molecule has 2 aromatic heterocycles. The van der Waals surface area contributed by atoms with E-state index in [1.54, 1.807) is 16.6 Å². The van der Waals surface area contributed by atoms with Gasteiger partial charge in [0.25, 0.3) is 0 Å². The second-order valence-corrected chi connectivity index (χ2v) is 5.92. The SMILES string of the molecule is CO/C(=C(\C=N)c1ccc2nnc(C(C)C)n2n1)c1ccc(F)cc1F. The van der Waals surface area contributed by atoms with E-state index < -0.39 is 11.6 Å². The van der Waals surface area contributed by atoms with Gasteiger partial charge in [-0.15, -0.1) is 10.2 Å². The molecule has 0 amide bonds. The molecule has 134 valence electrons. The molecule has 0 aliphatic carbocycles. The third-order valence-electron chi connectivity index (χ3n) is 3.85. The van der Waals surface area contributed by atoms with Gasteiger partial charge in [0.05, 0.1) is 23.9 Å². The maximum absolute atomic E-state index is 14.2. The lowest BCUT2D eigenvalue weighted by atomic mass is 10.1. The number of hydrogen-bond acceptors (Lipinski definition) is 5. The smallest absolute Gasteiger partial charge is 0.177 e. The first-order valence-electron chi connectivity index (χ1n) is 7.93. The van der Waals surface area contributed by atoms with E-state index in [1.165, 1.54) is 13.2 Å². The summed E-state index contributed by atoms with van der Waals surface area (Å²) in [5, 5.41) is 20.4. The maximum atomic E-state index is 14.2. The highest BCUT2D eigenvalue weighted by Crippen LogP contribution is 2.27. The molecule has 0 bridgehead atoms. The molecule has 26 heavy (non-hydrogen) atoms. The zero-order chi connectivity index (χ0) is 18.8. The molecule has 0 unspecified atom stereocenters. The Bertz CT molecular complexity index is 1010. The van der Waals surface area contributed by atoms with Crippen molar-refractivity contribution < 1.29 is 13.5 Å². The molecule has 0 atom stereocenters. The molecule has 8 heteroatoms. The van der Waals surface area contributed by atoms with E-state index in [4.69, 9.17) is 10.1 Å². The van der Waals surface area contributed by atoms with Crippen molar-refractivity contribution in [3.05, 3.63) is 59.0 Å². The van der Waals surface area contributed by atoms with Crippen molar-refractivity contribution in [3.8, 4) is 0 Å². The summed E-state index contributed by atoms with van der Waals surface area (Å²) in [6.07, 6.45) is 1.02. The Morgan fingerprint density at radius 3 is 2.58 bits per heavy atom. The largest absolute Gasteiger partial charge is 0.495 e. The number of nitrogens with zero attached hydrogens (tertiary/aromatic N) is 4. The quantitative estimate of drug-likeness (QED) is 0.558. The van der Waals surface area contributed by atoms with Gasteiger partial charge in [0, 0.05) is 18.2 Å². The fourth-order valence-corrected chi connectivity index (χ4v) is 2.60. The Morgan fingerprint density at radius 1 is 1.19 bits per heavy atom. The monoisotopic (exact) mass is 357 g/mol. The second kappa shape index (κ2) is 6.99. The lowest BCUT2D eigenvalue weighted by Crippen LogP contribution is -2.06. The number of aromatic nitrogens is 4. The van der Waals surface area contributed by atoms with Crippen molar-refractivity contribution in [2.75, 3.05) is 7.11 Å². The van der Waals surface area contributed by atoms with Gasteiger partial charge in [0.2, 0.25) is 0 Å². The first kappa shape index (κ1) is 17.7. The summed E-state index contributed by atoms with van der Waals surface area (Å²) in [6, 6.07) is 6.52. The van der Waals surface area contributed by atoms with Crippen LogP contribution in [0.25, 0.3) is 17.0 Å². The summed E-state index contributed by atoms with van der Waals surface area (Å²) in [6.45, 7) is 3.93. The molecule has 0 radical (unpaired) electrons. The molecule has 0 spiro atoms. The molecule has 0 aliphatic rings. The number of rotatable bonds is 5. The number of allylic oxidation sites excluding steroid dienone is 1. The van der Waals surface area contributed by atoms with E-state index >= 15 is 0 Å². The number of nitrogens with one attached hydrogen (secondary N) is 1. The van der Waals surface area contributed by atoms with Crippen LogP contribution >= 0.6 is 0 Å². The lowest BCUT2D eigenvalue weighted by molar-refractivity contribution is 0.368. The summed E-state index contributed by atoms with van der Waals surface area (Å²) in [5.41, 5.74) is 1.24. The zero-order valence-electron chi connectivity index (χ0n) is 14.5. The molecule has 0 fully saturated rings. The van der Waals surface area contributed by atoms with Gasteiger partial charge >= 0.3 is 0 Å². The lowest BCUT2D eigenvalue weighted by Gasteiger charge is -2.12. The summed E-state index contributed by atoms with van der Waals surface area (Å²) < 4.78 is 34.3. The first-order chi connectivity index (χ1) is 12.5. The third kappa shape index (κ3) is 3.05. The van der Waals surface area contributed by atoms with E-state index in [0.29, 0.717) is 17.2 Å². The van der Waals surface area contributed by atoms with Crippen molar-refractivity contribution in [1.29, 1.82) is 5.41 Å². The molecular formula is C18H17F2N5O. The fourth-order valence-electron chi connectivity index (χ4n) is 2.60. The summed E-state index contributed by atoms with van der Waals surface area (Å²) in [5.74, 6) is -0.628. The number of ether oxygens (including phenoxy) is 1. The molecule has 1 aromatic carbocycles. The van der Waals surface area contributed by atoms with Gasteiger partial charge < -0.3 is 10.1 Å². The highest BCUT2D eigenvalue weighted by Gasteiger charge is 2.18. The molecule has 0 aliphatic heterocycles. The molecule has 0 saturated carbocycles. The van der Waals surface area contributed by atoms with Crippen molar-refractivity contribution >= 4 is 23.2 Å². The van der Waals surface area contributed by atoms with Crippen LogP contribution in [0.3, 0.4) is 0 Å². The average molecular weight is 357 g/mol. The minimum atomic E-state index is -0.783. The van der Waals surface area contributed by atoms with Crippen LogP contribution in [-0.4, -0.2) is 33.1 Å². The van der Waals surface area contributed by atoms with Crippen molar-refractivity contribution in [3.63, 3.8) is 0 Å². The molecule has 6 nitrogen and oxygen atoms in total. The third-order valence-corrected chi connectivity index (χ3v) is 3.85. The normalized spacial score (nSPS) is 12.4. The van der Waals surface area contributed by atoms with E-state index in [1.807, 2.05) is 13.8 Å². The molecule has 1 N–H and O–H groups in total. The minimum absolute atomic E-state index is 0.0436. The van der Waals surface area contributed by atoms with Gasteiger partial charge in [-0.05, 0) is 24.3 Å². The van der Waals surface area contributed by atoms with Crippen LogP contribution in [-0.2, 0) is 4.74 Å². The van der Waals surface area contributed by atoms with Crippen LogP contribution < -0.4 is 0 Å². The Balaban J connectivity index is 2.23. The highest BCUT2D eigenvalue weighted by atomic mass is 19.1. The number of hydrogen-bond donors (Lipinski definition) is 1. The molecule has 3 rings (SSSR count). The molecular weight excluding hydrogens is 340 g/mol. The first-order valence-corrected chi connectivity index (χ1v) is 7.93. The standard InChI is InChI=1S/C18H17F2N5O/c1-10(2)18-23-22-16-7-6-15(24-25(16)18)13(9-21)17(26-3)12-5-4-11(19)8-14(12)20/h4-10,21H,1-3H3/b17-13+,21-9?. The number of halogens is 2. The van der Waals surface area contributed by atoms with Crippen LogP contribution in [0.5, 0.6) is 0 Å². The van der Waals surface area contributed by atoms with E-state index in [0.717, 1.165) is 18.3 Å². The predicted octanol–water partition coefficient (Wildman–Crippen LogP) is 3.69. The Hall–Kier alpha value is -3.16. The van der Waals surface area contributed by atoms with Crippen LogP contribution in [0.15, 0.2) is 30.3 Å². The van der Waals surface area contributed by atoms with Crippen molar-refractivity contribution in [2.24, 2.45) is 0 Å². The van der Waals surface area contributed by atoms with Crippen LogP contribution in [0.1, 0.15) is 36.8 Å². The summed E-state index contributed by atoms with van der Waals surface area (Å²) in [7, 11) is 1.36. The highest BCUT2D eigenvalue weighted by molar-refractivity contribution is 6.16. The summed E-state index contributed by atoms with van der Waals surface area (Å²) in [4.78, 5) is 0. The van der Waals surface area contributed by atoms with Crippen molar-refractivity contribution in [2.45, 2.75) is 19.8 Å². The molecule has 0 saturated heterocycles. The van der Waals surface area contributed by atoms with Gasteiger partial charge in [-0.2, -0.15) is 9.61 Å². The van der Waals surface area contributed by atoms with Crippen molar-refractivity contribution in [1.82, 2.24) is 19.8 Å². The predicted molar refractivity (Wildman–Crippen MR) is 93.8 cm³/mol. The van der Waals surface area contributed by atoms with E-state index in [-0.39, 0.29) is 22.8 Å². The van der Waals surface area contributed by atoms with Gasteiger partial charge in [-0.1, -0.05) is 13.8 Å². The van der Waals surface area contributed by atoms with Crippen LogP contribution in [0.2, 0.25) is 0 Å². The number of fused-ring (bicyclic) bond motifs is 1. The van der Waals surface area contributed by atoms with E-state index in [2.05, 4.69) is 15.3 Å². The minimum Gasteiger partial charge on any atom is -0.495 e. The van der Waals surface area contributed by atoms with Gasteiger partial charge in [-0.3, -0.25) is 0 Å². The topological polar surface area (TPSA) is 76.2 Å². The number of benzene rings is 1. The Kier molecular flexibility index (Phi) is 4.75. The fraction of sp³-hybridized carbons (Fsp3) is 0.222. The Morgan fingerprint density at radius 2 is 1.96 bits per heavy atom. The number of methoxy groups -OCH3 is 1. The van der Waals surface area contributed by atoms with Gasteiger partial charge in [0.1, 0.15) is 17.4 Å². The van der Waals surface area contributed by atoms with Gasteiger partial charge in [-0.25, -0.2) is 8.78 Å². The second-order valence-electron chi connectivity index (χ2n) is 5.92. The molecule has 2 heterocycles. The van der Waals surface area contributed by atoms with E-state index in [9.17, 15) is 8.78 Å². The molecule has 3 aromatic rings. The summed E-state index contributed by atoms with van der Waals surface area (Å²) >= 11 is 0. The maximum Gasteiger partial charge on any atom is 0.177 e. The van der Waals surface area contributed by atoms with Crippen LogP contribution in [0, 0.1) is 17.0 Å². The Labute approximate surface area is 148 Å². The zero-order valence-corrected chi connectivity index (χ0v) is 14.5.